The molecule has 85 valence electrons. The third kappa shape index (κ3) is 1.31. The van der Waals surface area contributed by atoms with Gasteiger partial charge >= 0.3 is 0 Å². The lowest BCUT2D eigenvalue weighted by molar-refractivity contribution is -0.00838. The molecule has 2 bridgehead atoms. The highest BCUT2D eigenvalue weighted by molar-refractivity contribution is 5.21. The molecule has 1 N–H and O–H groups in total. The van der Waals surface area contributed by atoms with Crippen molar-refractivity contribution in [3.8, 4) is 0 Å². The van der Waals surface area contributed by atoms with Crippen LogP contribution in [0.2, 0.25) is 0 Å². The third-order valence-corrected chi connectivity index (χ3v) is 4.32. The molecule has 1 aromatic heterocycles. The molecule has 2 saturated heterocycles. The van der Waals surface area contributed by atoms with Crippen LogP contribution in [0.3, 0.4) is 0 Å². The summed E-state index contributed by atoms with van der Waals surface area (Å²) < 4.78 is 0. The molecule has 3 heterocycles. The van der Waals surface area contributed by atoms with Crippen molar-refractivity contribution in [3.63, 3.8) is 0 Å². The van der Waals surface area contributed by atoms with Crippen LogP contribution in [0.4, 0.5) is 0 Å². The van der Waals surface area contributed by atoms with E-state index < -0.39 is 0 Å². The van der Waals surface area contributed by atoms with Crippen molar-refractivity contribution in [1.82, 2.24) is 9.88 Å². The summed E-state index contributed by atoms with van der Waals surface area (Å²) >= 11 is 0. The van der Waals surface area contributed by atoms with Crippen molar-refractivity contribution in [2.45, 2.75) is 43.4 Å². The van der Waals surface area contributed by atoms with Gasteiger partial charge in [-0.1, -0.05) is 6.07 Å². The molecule has 3 atom stereocenters. The number of hydrogen-bond acceptors (Lipinski definition) is 3. The fourth-order valence-corrected chi connectivity index (χ4v) is 3.44. The summed E-state index contributed by atoms with van der Waals surface area (Å²) in [5.74, 6) is 0. The fraction of sp³-hybridized carbons (Fsp3) is 0.615. The molecular weight excluding hydrogens is 200 g/mol. The number of rotatable bonds is 1. The number of pyridine rings is 1. The number of aromatic nitrogens is 1. The minimum absolute atomic E-state index is 0.0303. The van der Waals surface area contributed by atoms with Gasteiger partial charge in [-0.3, -0.25) is 9.88 Å². The van der Waals surface area contributed by atoms with Gasteiger partial charge in [0, 0.05) is 18.3 Å². The van der Waals surface area contributed by atoms with Crippen molar-refractivity contribution in [2.75, 3.05) is 7.05 Å². The molecule has 0 spiro atoms. The quantitative estimate of drug-likeness (QED) is 0.771. The second-order valence-corrected chi connectivity index (χ2v) is 5.07. The topological polar surface area (TPSA) is 36.4 Å². The smallest absolute Gasteiger partial charge is 0.0658 e. The van der Waals surface area contributed by atoms with Crippen molar-refractivity contribution >= 4 is 0 Å². The third-order valence-electron chi connectivity index (χ3n) is 4.32. The van der Waals surface area contributed by atoms with E-state index in [9.17, 15) is 5.11 Å². The molecule has 2 fully saturated rings. The molecule has 0 aliphatic carbocycles. The van der Waals surface area contributed by atoms with Crippen molar-refractivity contribution < 1.29 is 5.11 Å². The summed E-state index contributed by atoms with van der Waals surface area (Å²) in [7, 11) is 2.17. The van der Waals surface area contributed by atoms with Crippen molar-refractivity contribution in [1.29, 1.82) is 0 Å². The first kappa shape index (κ1) is 10.2. The van der Waals surface area contributed by atoms with Crippen molar-refractivity contribution in [2.24, 2.45) is 0 Å². The lowest BCUT2D eigenvalue weighted by Crippen LogP contribution is -2.50. The van der Waals surface area contributed by atoms with Crippen LogP contribution in [0.15, 0.2) is 18.3 Å². The van der Waals surface area contributed by atoms with Gasteiger partial charge in [-0.25, -0.2) is 0 Å². The summed E-state index contributed by atoms with van der Waals surface area (Å²) in [6, 6.07) is 7.44. The van der Waals surface area contributed by atoms with Crippen LogP contribution in [0.1, 0.15) is 31.4 Å². The summed E-state index contributed by atoms with van der Waals surface area (Å²) in [6.45, 7) is 0. The number of aliphatic hydroxyl groups excluding tert-OH is 1. The van der Waals surface area contributed by atoms with Gasteiger partial charge in [-0.05, 0) is 38.8 Å². The average molecular weight is 217 g/mol. The van der Waals surface area contributed by atoms with Crippen LogP contribution in [0, 0.1) is 6.07 Å². The first-order chi connectivity index (χ1) is 7.72. The SMILES string of the molecule is CN1[C@H]2CC[C@]1(c1cc[c]cn1)CC(O)C2. The average Bonchev–Trinajstić information content (AvgIpc) is 2.51. The highest BCUT2D eigenvalue weighted by Crippen LogP contribution is 2.48. The molecule has 1 radical (unpaired) electrons. The van der Waals surface area contributed by atoms with Crippen LogP contribution in [-0.2, 0) is 5.54 Å². The Balaban J connectivity index is 2.03. The maximum atomic E-state index is 9.97. The Kier molecular flexibility index (Phi) is 2.26. The minimum Gasteiger partial charge on any atom is -0.393 e. The number of hydrogen-bond donors (Lipinski definition) is 1. The van der Waals surface area contributed by atoms with E-state index in [0.29, 0.717) is 6.04 Å². The maximum absolute atomic E-state index is 9.97. The normalized spacial score (nSPS) is 38.9. The Hall–Kier alpha value is -0.930. The molecule has 16 heavy (non-hydrogen) atoms. The molecule has 2 aliphatic heterocycles. The number of aliphatic hydroxyl groups is 1. The number of piperidine rings is 1. The van der Waals surface area contributed by atoms with E-state index in [1.807, 2.05) is 12.1 Å². The largest absolute Gasteiger partial charge is 0.393 e. The highest BCUT2D eigenvalue weighted by atomic mass is 16.3. The molecule has 1 unspecified atom stereocenters. The van der Waals surface area contributed by atoms with E-state index in [0.717, 1.165) is 25.0 Å². The van der Waals surface area contributed by atoms with Gasteiger partial charge in [-0.2, -0.15) is 0 Å². The van der Waals surface area contributed by atoms with Crippen LogP contribution >= 0.6 is 0 Å². The second-order valence-electron chi connectivity index (χ2n) is 5.07. The Morgan fingerprint density at radius 2 is 2.50 bits per heavy atom. The van der Waals surface area contributed by atoms with Gasteiger partial charge in [0.05, 0.1) is 17.3 Å². The van der Waals surface area contributed by atoms with Crippen LogP contribution in [0.5, 0.6) is 0 Å². The zero-order valence-corrected chi connectivity index (χ0v) is 9.56. The summed E-state index contributed by atoms with van der Waals surface area (Å²) in [5, 5.41) is 9.97. The monoisotopic (exact) mass is 217 g/mol. The Morgan fingerprint density at radius 3 is 3.25 bits per heavy atom. The molecule has 0 aromatic carbocycles. The summed E-state index contributed by atoms with van der Waals surface area (Å²) in [5.41, 5.74) is 1.06. The zero-order chi connectivity index (χ0) is 11.2. The molecule has 3 heteroatoms. The first-order valence-corrected chi connectivity index (χ1v) is 5.96. The van der Waals surface area contributed by atoms with Gasteiger partial charge in [0.15, 0.2) is 0 Å². The van der Waals surface area contributed by atoms with E-state index in [1.165, 1.54) is 6.42 Å². The van der Waals surface area contributed by atoms with E-state index >= 15 is 0 Å². The Morgan fingerprint density at radius 1 is 1.62 bits per heavy atom. The van der Waals surface area contributed by atoms with Gasteiger partial charge in [0.1, 0.15) is 0 Å². The Labute approximate surface area is 96.1 Å². The summed E-state index contributed by atoms with van der Waals surface area (Å²) in [6.07, 6.45) is 5.57. The minimum atomic E-state index is -0.172. The highest BCUT2D eigenvalue weighted by Gasteiger charge is 2.51. The van der Waals surface area contributed by atoms with Crippen LogP contribution < -0.4 is 0 Å². The second kappa shape index (κ2) is 3.54. The first-order valence-electron chi connectivity index (χ1n) is 5.96. The summed E-state index contributed by atoms with van der Waals surface area (Å²) in [4.78, 5) is 6.87. The van der Waals surface area contributed by atoms with Gasteiger partial charge < -0.3 is 5.11 Å². The molecule has 2 aliphatic rings. The van der Waals surface area contributed by atoms with E-state index in [1.54, 1.807) is 6.20 Å². The van der Waals surface area contributed by atoms with Crippen molar-refractivity contribution in [3.05, 3.63) is 30.1 Å². The fourth-order valence-electron chi connectivity index (χ4n) is 3.44. The molecule has 3 rings (SSSR count). The van der Waals surface area contributed by atoms with Crippen LogP contribution in [0.25, 0.3) is 0 Å². The predicted octanol–water partition coefficient (Wildman–Crippen LogP) is 1.33. The predicted molar refractivity (Wildman–Crippen MR) is 60.8 cm³/mol. The molecule has 0 saturated carbocycles. The lowest BCUT2D eigenvalue weighted by Gasteiger charge is -2.44. The number of nitrogens with zero attached hydrogens (tertiary/aromatic N) is 2. The van der Waals surface area contributed by atoms with Gasteiger partial charge in [0.25, 0.3) is 0 Å². The molecular formula is C13H17N2O. The number of fused-ring (bicyclic) bond motifs is 2. The zero-order valence-electron chi connectivity index (χ0n) is 9.56. The van der Waals surface area contributed by atoms with Gasteiger partial charge in [-0.15, -0.1) is 0 Å². The van der Waals surface area contributed by atoms with Crippen LogP contribution in [-0.4, -0.2) is 34.2 Å². The maximum Gasteiger partial charge on any atom is 0.0658 e. The molecule has 1 aromatic rings. The Bertz CT molecular complexity index is 381. The molecule has 0 amide bonds. The standard InChI is InChI=1S/C13H17N2O/c1-15-10-5-6-13(15,9-11(16)8-10)12-4-2-3-7-14-12/h2,4,7,10-11,16H,5-6,8-9H2,1H3/t10-,11?,13+/m0/s1. The molecule has 3 nitrogen and oxygen atoms in total. The lowest BCUT2D eigenvalue weighted by atomic mass is 9.84. The van der Waals surface area contributed by atoms with E-state index in [2.05, 4.69) is 23.0 Å². The van der Waals surface area contributed by atoms with Gasteiger partial charge in [0.2, 0.25) is 0 Å². The van der Waals surface area contributed by atoms with E-state index in [-0.39, 0.29) is 11.6 Å². The van der Waals surface area contributed by atoms with E-state index in [4.69, 9.17) is 0 Å².